The first-order valence-corrected chi connectivity index (χ1v) is 16.6. The maximum Gasteiger partial charge on any atom is 0.360 e. The Labute approximate surface area is 303 Å². The van der Waals surface area contributed by atoms with Gasteiger partial charge < -0.3 is 33.9 Å². The van der Waals surface area contributed by atoms with Crippen molar-refractivity contribution in [3.05, 3.63) is 120 Å². The van der Waals surface area contributed by atoms with E-state index in [2.05, 4.69) is 19.4 Å². The standard InChI is InChI=1S/C20H17NO6.C18H15NO4.CH5P/c1-12(22)26-11-17-15-9-8-14(27-13-6-4-3-5-7-13)10-16(15)19(23)18(21-17)20(24)25-2;1-11-14-9-8-13(23-12-6-4-3-5-7-12)10-15(14)17(20)16(19-11)18(21)22-2;1-2/h3-10,23H,11H2,1-2H3;3-10,20H,1-2H3;2H2,1H3/i;;2D. The van der Waals surface area contributed by atoms with Crippen LogP contribution in [0.4, 0.5) is 0 Å². The van der Waals surface area contributed by atoms with Crippen LogP contribution >= 0.6 is 9.18 Å². The smallest absolute Gasteiger partial charge is 0.360 e. The van der Waals surface area contributed by atoms with Gasteiger partial charge in [-0.2, -0.15) is 0 Å². The van der Waals surface area contributed by atoms with Gasteiger partial charge in [0.2, 0.25) is 0 Å². The number of rotatable bonds is 8. The molecule has 0 aliphatic heterocycles. The van der Waals surface area contributed by atoms with Crippen molar-refractivity contribution < 1.29 is 48.3 Å². The zero-order chi connectivity index (χ0) is 38.5. The van der Waals surface area contributed by atoms with E-state index in [9.17, 15) is 24.6 Å². The van der Waals surface area contributed by atoms with Crippen LogP contribution in [0.2, 0.25) is 0 Å². The van der Waals surface area contributed by atoms with E-state index in [0.717, 1.165) is 5.39 Å². The number of nitrogens with zero attached hydrogens (tertiary/aromatic N) is 2. The Hall–Kier alpha value is -6.26. The predicted octanol–water partition coefficient (Wildman–Crippen LogP) is 7.90. The van der Waals surface area contributed by atoms with Gasteiger partial charge in [-0.05, 0) is 67.6 Å². The lowest BCUT2D eigenvalue weighted by molar-refractivity contribution is -0.142. The minimum Gasteiger partial charge on any atom is -0.505 e. The van der Waals surface area contributed by atoms with Gasteiger partial charge in [0.25, 0.3) is 0 Å². The second-order valence-corrected chi connectivity index (χ2v) is 10.7. The molecule has 1 unspecified atom stereocenters. The van der Waals surface area contributed by atoms with Crippen molar-refractivity contribution in [1.82, 2.24) is 9.97 Å². The first-order valence-electron chi connectivity index (χ1n) is 16.1. The number of fused-ring (bicyclic) bond motifs is 2. The van der Waals surface area contributed by atoms with Crippen molar-refractivity contribution in [3.8, 4) is 34.5 Å². The molecule has 1 atom stereocenters. The molecule has 6 rings (SSSR count). The molecule has 12 nitrogen and oxygen atoms in total. The Balaban J connectivity index is 0.000000223. The number of carbonyl (C=O) groups is 3. The van der Waals surface area contributed by atoms with Gasteiger partial charge in [-0.1, -0.05) is 43.1 Å². The quantitative estimate of drug-likeness (QED) is 0.0887. The van der Waals surface area contributed by atoms with Gasteiger partial charge >= 0.3 is 17.9 Å². The van der Waals surface area contributed by atoms with E-state index in [1.807, 2.05) is 55.2 Å². The van der Waals surface area contributed by atoms with Gasteiger partial charge in [-0.15, -0.1) is 9.18 Å². The number of hydrogen-bond acceptors (Lipinski definition) is 12. The SMILES string of the molecule is COC(=O)c1nc(C)c2ccc(Oc3ccccc3)cc2c1O.COC(=O)c1nc(COC(C)=O)c2ccc(Oc3ccccc3)cc2c1O.[2H]PC. The molecule has 0 saturated carbocycles. The van der Waals surface area contributed by atoms with Gasteiger partial charge in [-0.3, -0.25) is 4.79 Å². The van der Waals surface area contributed by atoms with E-state index in [1.54, 1.807) is 55.5 Å². The summed E-state index contributed by atoms with van der Waals surface area (Å²) >= 11 is 0. The van der Waals surface area contributed by atoms with Gasteiger partial charge in [0.15, 0.2) is 22.9 Å². The third-order valence-electron chi connectivity index (χ3n) is 7.30. The summed E-state index contributed by atoms with van der Waals surface area (Å²) in [5.41, 5.74) is 0.590. The molecule has 0 radical (unpaired) electrons. The summed E-state index contributed by atoms with van der Waals surface area (Å²) in [6.45, 7) is 4.72. The number of aromatic nitrogens is 2. The van der Waals surface area contributed by atoms with E-state index < -0.39 is 17.9 Å². The molecular weight excluding hydrogens is 687 g/mol. The molecule has 2 N–H and O–H groups in total. The van der Waals surface area contributed by atoms with Crippen molar-refractivity contribution in [1.29, 1.82) is 1.28 Å². The van der Waals surface area contributed by atoms with Crippen LogP contribution in [0.25, 0.3) is 21.5 Å². The molecule has 0 aliphatic carbocycles. The average Bonchev–Trinajstić information content (AvgIpc) is 3.17. The van der Waals surface area contributed by atoms with Crippen LogP contribution in [0, 0.1) is 6.92 Å². The minimum absolute atomic E-state index is 0.102. The summed E-state index contributed by atoms with van der Waals surface area (Å²) in [7, 11) is 2.77. The lowest BCUT2D eigenvalue weighted by Crippen LogP contribution is -2.09. The highest BCUT2D eigenvalue weighted by atomic mass is 31.0. The summed E-state index contributed by atoms with van der Waals surface area (Å²) < 4.78 is 32.1. The molecule has 2 heterocycles. The van der Waals surface area contributed by atoms with Crippen LogP contribution in [-0.4, -0.2) is 60.3 Å². The number of carbonyl (C=O) groups excluding carboxylic acids is 3. The Kier molecular flexibility index (Phi) is 12.9. The van der Waals surface area contributed by atoms with E-state index in [4.69, 9.17) is 15.5 Å². The zero-order valence-electron chi connectivity index (χ0n) is 30.0. The van der Waals surface area contributed by atoms with E-state index in [0.29, 0.717) is 59.7 Å². The molecule has 0 spiro atoms. The van der Waals surface area contributed by atoms with Crippen LogP contribution < -0.4 is 9.47 Å². The molecule has 0 aliphatic rings. The maximum absolute atomic E-state index is 12.0. The molecule has 0 saturated heterocycles. The Bertz CT molecular complexity index is 2220. The van der Waals surface area contributed by atoms with E-state index in [1.165, 1.54) is 21.1 Å². The fourth-order valence-corrected chi connectivity index (χ4v) is 4.92. The number of para-hydroxylation sites is 2. The number of hydrogen-bond donors (Lipinski definition) is 2. The second-order valence-electron chi connectivity index (χ2n) is 10.7. The average molecular weight is 726 g/mol. The lowest BCUT2D eigenvalue weighted by atomic mass is 10.1. The monoisotopic (exact) mass is 725 g/mol. The zero-order valence-corrected chi connectivity index (χ0v) is 30.0. The highest BCUT2D eigenvalue weighted by Gasteiger charge is 2.21. The van der Waals surface area contributed by atoms with Crippen molar-refractivity contribution >= 4 is 48.6 Å². The Morgan fingerprint density at radius 2 is 1.12 bits per heavy atom. The highest BCUT2D eigenvalue weighted by molar-refractivity contribution is 7.15. The first kappa shape index (κ1) is 37.0. The molecule has 0 fully saturated rings. The molecule has 268 valence electrons. The van der Waals surface area contributed by atoms with Crippen molar-refractivity contribution in [3.63, 3.8) is 0 Å². The van der Waals surface area contributed by atoms with Crippen molar-refractivity contribution in [2.75, 3.05) is 20.9 Å². The summed E-state index contributed by atoms with van der Waals surface area (Å²) in [5.74, 6) is -0.178. The van der Waals surface area contributed by atoms with Crippen LogP contribution in [0.15, 0.2) is 97.1 Å². The fourth-order valence-electron chi connectivity index (χ4n) is 4.92. The van der Waals surface area contributed by atoms with E-state index in [-0.39, 0.29) is 29.5 Å². The Morgan fingerprint density at radius 1 is 0.673 bits per heavy atom. The van der Waals surface area contributed by atoms with Crippen LogP contribution in [0.1, 0.15) is 39.3 Å². The van der Waals surface area contributed by atoms with Crippen LogP contribution in [0.5, 0.6) is 34.5 Å². The molecule has 13 heteroatoms. The topological polar surface area (TPSA) is 164 Å². The molecule has 4 aromatic carbocycles. The number of methoxy groups -OCH3 is 2. The van der Waals surface area contributed by atoms with Gasteiger partial charge in [0.05, 0.1) is 21.2 Å². The lowest BCUT2D eigenvalue weighted by Gasteiger charge is -2.13. The van der Waals surface area contributed by atoms with Crippen LogP contribution in [-0.2, 0) is 25.6 Å². The highest BCUT2D eigenvalue weighted by Crippen LogP contribution is 2.36. The summed E-state index contributed by atoms with van der Waals surface area (Å²) in [4.78, 5) is 43.1. The predicted molar refractivity (Wildman–Crippen MR) is 198 cm³/mol. The molecule has 0 amide bonds. The number of aryl methyl sites for hydroxylation is 1. The number of esters is 3. The second kappa shape index (κ2) is 18.1. The minimum atomic E-state index is -0.798. The normalized spacial score (nSPS) is 10.7. The number of aromatic hydroxyl groups is 2. The van der Waals surface area contributed by atoms with Gasteiger partial charge in [0, 0.05) is 34.2 Å². The molecular formula is C39H37N2O10P. The molecule has 6 aromatic rings. The van der Waals surface area contributed by atoms with Crippen LogP contribution in [0.3, 0.4) is 0 Å². The summed E-state index contributed by atoms with van der Waals surface area (Å²) in [5, 5.41) is 23.0. The fraction of sp³-hybridized carbons (Fsp3) is 0.154. The Morgan fingerprint density at radius 3 is 1.58 bits per heavy atom. The largest absolute Gasteiger partial charge is 0.505 e. The molecule has 0 bridgehead atoms. The molecule has 52 heavy (non-hydrogen) atoms. The van der Waals surface area contributed by atoms with Gasteiger partial charge in [0.1, 0.15) is 29.6 Å². The number of pyridine rings is 2. The van der Waals surface area contributed by atoms with Crippen molar-refractivity contribution in [2.24, 2.45) is 0 Å². The summed E-state index contributed by atoms with van der Waals surface area (Å²) in [6.07, 6.45) is 0. The van der Waals surface area contributed by atoms with Crippen molar-refractivity contribution in [2.45, 2.75) is 20.5 Å². The number of benzene rings is 4. The van der Waals surface area contributed by atoms with Gasteiger partial charge in [-0.25, -0.2) is 19.6 Å². The third kappa shape index (κ3) is 9.29. The first-order chi connectivity index (χ1) is 25.5. The third-order valence-corrected chi connectivity index (χ3v) is 7.30. The van der Waals surface area contributed by atoms with E-state index >= 15 is 0 Å². The molecule has 2 aromatic heterocycles. The number of ether oxygens (including phenoxy) is 5. The maximum atomic E-state index is 12.0. The summed E-state index contributed by atoms with van der Waals surface area (Å²) in [6, 6.07) is 28.7.